The van der Waals surface area contributed by atoms with E-state index in [-0.39, 0.29) is 6.96 Å². The molecule has 0 aliphatic heterocycles. The van der Waals surface area contributed by atoms with Gasteiger partial charge in [-0.1, -0.05) is 51.3 Å². The highest BCUT2D eigenvalue weighted by atomic mass is 35.7. The number of hydrogen-bond donors (Lipinski definition) is 0. The molecule has 0 aromatic heterocycles. The van der Waals surface area contributed by atoms with Crippen molar-refractivity contribution in [3.05, 3.63) is 0 Å². The number of hydrogen-bond acceptors (Lipinski definition) is 0. The molecule has 0 fully saturated rings. The summed E-state index contributed by atoms with van der Waals surface area (Å²) in [6.07, 6.45) is 12.6. The summed E-state index contributed by atoms with van der Waals surface area (Å²) in [7, 11) is 0. The topological polar surface area (TPSA) is 0 Å². The number of unbranched alkanes of at least 4 members (excludes halogenated alkanes) is 3. The van der Waals surface area contributed by atoms with E-state index in [1.807, 2.05) is 0 Å². The molecule has 3 heteroatoms. The zero-order valence-electron chi connectivity index (χ0n) is 11.6. The fraction of sp³-hybridized carbons (Fsp3) is 1.00. The van der Waals surface area contributed by atoms with Gasteiger partial charge in [0.2, 0.25) is 0 Å². The zero-order chi connectivity index (χ0) is 12.4. The Morgan fingerprint density at radius 1 is 0.812 bits per heavy atom. The second-order valence-electron chi connectivity index (χ2n) is 4.77. The zero-order valence-corrected chi connectivity index (χ0v) is 14.2. The van der Waals surface area contributed by atoms with Gasteiger partial charge in [0.15, 0.2) is 0 Å². The van der Waals surface area contributed by atoms with Crippen molar-refractivity contribution in [1.82, 2.24) is 0 Å². The van der Waals surface area contributed by atoms with Gasteiger partial charge in [-0.2, -0.15) is 0 Å². The third-order valence-electron chi connectivity index (χ3n) is 3.37. The van der Waals surface area contributed by atoms with Crippen LogP contribution in [-0.4, -0.2) is 25.2 Å². The van der Waals surface area contributed by atoms with Gasteiger partial charge in [-0.25, -0.2) is 0 Å². The van der Waals surface area contributed by atoms with Crippen LogP contribution in [0.3, 0.4) is 0 Å². The summed E-state index contributed by atoms with van der Waals surface area (Å²) in [5, 5.41) is 0. The van der Waals surface area contributed by atoms with Crippen LogP contribution in [0.15, 0.2) is 0 Å². The fourth-order valence-corrected chi connectivity index (χ4v) is 12.1. The van der Waals surface area contributed by atoms with Crippen molar-refractivity contribution < 1.29 is 0 Å². The first-order valence-corrected chi connectivity index (χ1v) is 12.6. The van der Waals surface area contributed by atoms with Gasteiger partial charge in [0.1, 0.15) is 6.96 Å². The average molecular weight is 284 g/mol. The lowest BCUT2D eigenvalue weighted by Crippen LogP contribution is -2.06. The Bertz CT molecular complexity index is 138. The standard InChI is InChI=1S/C13H30ClP2/c1-5-8-11-16(15(4)14,12-9-6-2)13-10-7-3/h5-13H2,1-4H3/q+1. The van der Waals surface area contributed by atoms with Crippen molar-refractivity contribution in [2.45, 2.75) is 59.3 Å². The van der Waals surface area contributed by atoms with E-state index in [4.69, 9.17) is 11.2 Å². The molecule has 0 heterocycles. The maximum atomic E-state index is 6.62. The van der Waals surface area contributed by atoms with Gasteiger partial charge in [0, 0.05) is 13.6 Å². The maximum Gasteiger partial charge on any atom is 0.147 e. The van der Waals surface area contributed by atoms with Crippen LogP contribution in [0.5, 0.6) is 0 Å². The average Bonchev–Trinajstić information content (AvgIpc) is 2.28. The van der Waals surface area contributed by atoms with Gasteiger partial charge in [-0.05, 0) is 19.3 Å². The van der Waals surface area contributed by atoms with Crippen molar-refractivity contribution in [2.75, 3.05) is 25.2 Å². The molecule has 0 aromatic carbocycles. The molecule has 0 aliphatic carbocycles. The Morgan fingerprint density at radius 3 is 1.31 bits per heavy atom. The van der Waals surface area contributed by atoms with Crippen LogP contribution in [0, 0.1) is 0 Å². The van der Waals surface area contributed by atoms with Gasteiger partial charge in [-0.15, -0.1) is 0 Å². The van der Waals surface area contributed by atoms with E-state index in [2.05, 4.69) is 27.4 Å². The Labute approximate surface area is 110 Å². The first kappa shape index (κ1) is 17.2. The second-order valence-corrected chi connectivity index (χ2v) is 15.8. The number of rotatable bonds is 10. The van der Waals surface area contributed by atoms with E-state index >= 15 is 0 Å². The van der Waals surface area contributed by atoms with Gasteiger partial charge < -0.3 is 0 Å². The molecule has 0 radical (unpaired) electrons. The molecule has 1 unspecified atom stereocenters. The quantitative estimate of drug-likeness (QED) is 0.397. The minimum absolute atomic E-state index is 0.200. The molecule has 0 rings (SSSR count). The van der Waals surface area contributed by atoms with E-state index in [1.165, 1.54) is 57.0 Å². The summed E-state index contributed by atoms with van der Waals surface area (Å²) in [5.41, 5.74) is 0. The summed E-state index contributed by atoms with van der Waals surface area (Å²) in [5.74, 6) is 0. The molecule has 0 bridgehead atoms. The van der Waals surface area contributed by atoms with Crippen LogP contribution in [-0.2, 0) is 0 Å². The Kier molecular flexibility index (Phi) is 10.8. The summed E-state index contributed by atoms with van der Waals surface area (Å²) in [4.78, 5) is 0. The molecule has 0 saturated heterocycles. The van der Waals surface area contributed by atoms with Gasteiger partial charge in [0.05, 0.1) is 18.5 Å². The molecule has 1 atom stereocenters. The van der Waals surface area contributed by atoms with Gasteiger partial charge >= 0.3 is 0 Å². The fourth-order valence-electron chi connectivity index (χ4n) is 2.11. The van der Waals surface area contributed by atoms with Crippen molar-refractivity contribution in [1.29, 1.82) is 0 Å². The van der Waals surface area contributed by atoms with Gasteiger partial charge in [-0.3, -0.25) is 0 Å². The molecule has 16 heavy (non-hydrogen) atoms. The van der Waals surface area contributed by atoms with Crippen LogP contribution in [0.4, 0.5) is 0 Å². The monoisotopic (exact) mass is 283 g/mol. The molecule has 0 N–H and O–H groups in total. The molecule has 0 saturated carbocycles. The van der Waals surface area contributed by atoms with Crippen LogP contribution >= 0.6 is 25.2 Å². The third-order valence-corrected chi connectivity index (χ3v) is 16.2. The van der Waals surface area contributed by atoms with E-state index in [9.17, 15) is 0 Å². The third kappa shape index (κ3) is 6.18. The first-order valence-electron chi connectivity index (χ1n) is 6.89. The predicted molar refractivity (Wildman–Crippen MR) is 84.9 cm³/mol. The van der Waals surface area contributed by atoms with E-state index < -0.39 is 6.95 Å². The van der Waals surface area contributed by atoms with Crippen molar-refractivity contribution in [2.24, 2.45) is 0 Å². The first-order chi connectivity index (χ1) is 7.63. The lowest BCUT2D eigenvalue weighted by Gasteiger charge is -2.29. The molecule has 0 nitrogen and oxygen atoms in total. The van der Waals surface area contributed by atoms with Crippen molar-refractivity contribution in [3.63, 3.8) is 0 Å². The lowest BCUT2D eigenvalue weighted by atomic mass is 10.4. The lowest BCUT2D eigenvalue weighted by molar-refractivity contribution is 0.844. The summed E-state index contributed by atoms with van der Waals surface area (Å²) in [6.45, 7) is 8.26. The predicted octanol–water partition coefficient (Wildman–Crippen LogP) is 6.58. The molecule has 98 valence electrons. The summed E-state index contributed by atoms with van der Waals surface area (Å²) >= 11 is 6.62. The highest BCUT2D eigenvalue weighted by Gasteiger charge is 2.41. The van der Waals surface area contributed by atoms with E-state index in [0.29, 0.717) is 0 Å². The highest BCUT2D eigenvalue weighted by molar-refractivity contribution is 8.47. The largest absolute Gasteiger partial charge is 0.147 e. The van der Waals surface area contributed by atoms with Crippen LogP contribution in [0.1, 0.15) is 59.3 Å². The molecular formula is C13H30ClP2+. The summed E-state index contributed by atoms with van der Waals surface area (Å²) < 4.78 is 0. The number of halogens is 1. The molecule has 0 aliphatic rings. The second kappa shape index (κ2) is 10.1. The Hall–Kier alpha value is 1.15. The SMILES string of the molecule is CCCC[P+](CCCC)(CCCC)P(C)Cl. The van der Waals surface area contributed by atoms with Crippen molar-refractivity contribution in [3.8, 4) is 0 Å². The van der Waals surface area contributed by atoms with Crippen LogP contribution in [0.25, 0.3) is 0 Å². The maximum absolute atomic E-state index is 6.62. The summed E-state index contributed by atoms with van der Waals surface area (Å²) in [6, 6.07) is 0. The van der Waals surface area contributed by atoms with Crippen LogP contribution in [0.2, 0.25) is 0 Å². The minimum Gasteiger partial charge on any atom is -0.0652 e. The minimum atomic E-state index is -0.787. The van der Waals surface area contributed by atoms with Gasteiger partial charge in [0.25, 0.3) is 0 Å². The van der Waals surface area contributed by atoms with Crippen molar-refractivity contribution >= 4 is 25.2 Å². The highest BCUT2D eigenvalue weighted by Crippen LogP contribution is 2.85. The van der Waals surface area contributed by atoms with Crippen LogP contribution < -0.4 is 0 Å². The normalized spacial score (nSPS) is 14.1. The molecule has 0 amide bonds. The Morgan fingerprint density at radius 2 is 1.12 bits per heavy atom. The smallest absolute Gasteiger partial charge is 0.0652 e. The molecular weight excluding hydrogens is 254 g/mol. The molecule has 0 aromatic rings. The van der Waals surface area contributed by atoms with E-state index in [1.54, 1.807) is 0 Å². The Balaban J connectivity index is 4.46. The molecule has 0 spiro atoms. The van der Waals surface area contributed by atoms with E-state index in [0.717, 1.165) is 0 Å².